The van der Waals surface area contributed by atoms with E-state index in [9.17, 15) is 5.11 Å². The molecule has 1 aromatic carbocycles. The lowest BCUT2D eigenvalue weighted by Crippen LogP contribution is -2.46. The van der Waals surface area contributed by atoms with Gasteiger partial charge in [-0.3, -0.25) is 0 Å². The van der Waals surface area contributed by atoms with Crippen LogP contribution >= 0.6 is 0 Å². The molecule has 0 aliphatic rings. The number of nitrogens with one attached hydrogen (secondary N) is 1. The highest BCUT2D eigenvalue weighted by atomic mass is 16.3. The predicted molar refractivity (Wildman–Crippen MR) is 89.6 cm³/mol. The largest absolute Gasteiger partial charge is 0.394 e. The highest BCUT2D eigenvalue weighted by Gasteiger charge is 2.29. The van der Waals surface area contributed by atoms with Crippen LogP contribution in [0, 0.1) is 0 Å². The second-order valence-corrected chi connectivity index (χ2v) is 6.07. The van der Waals surface area contributed by atoms with Crippen LogP contribution in [0.2, 0.25) is 0 Å². The zero-order chi connectivity index (χ0) is 15.7. The SMILES string of the molecule is CNC(CO)(CCN(C)CCCN(C)C)c1ccccc1. The smallest absolute Gasteiger partial charge is 0.0678 e. The van der Waals surface area contributed by atoms with Crippen molar-refractivity contribution in [3.8, 4) is 0 Å². The first-order valence-electron chi connectivity index (χ1n) is 7.72. The van der Waals surface area contributed by atoms with Crippen LogP contribution in [0.15, 0.2) is 30.3 Å². The van der Waals surface area contributed by atoms with Gasteiger partial charge in [0.05, 0.1) is 12.1 Å². The second kappa shape index (κ2) is 9.15. The number of aliphatic hydroxyl groups is 1. The molecule has 21 heavy (non-hydrogen) atoms. The number of rotatable bonds is 10. The van der Waals surface area contributed by atoms with Gasteiger partial charge >= 0.3 is 0 Å². The molecule has 0 spiro atoms. The topological polar surface area (TPSA) is 38.7 Å². The molecule has 1 unspecified atom stereocenters. The van der Waals surface area contributed by atoms with Crippen LogP contribution in [-0.2, 0) is 5.54 Å². The van der Waals surface area contributed by atoms with E-state index in [1.54, 1.807) is 0 Å². The molecule has 0 saturated heterocycles. The van der Waals surface area contributed by atoms with E-state index in [1.807, 2.05) is 25.2 Å². The molecule has 0 aliphatic heterocycles. The fourth-order valence-electron chi connectivity index (χ4n) is 2.57. The van der Waals surface area contributed by atoms with Crippen LogP contribution < -0.4 is 5.32 Å². The minimum Gasteiger partial charge on any atom is -0.394 e. The first kappa shape index (κ1) is 18.1. The van der Waals surface area contributed by atoms with Crippen molar-refractivity contribution in [1.82, 2.24) is 15.1 Å². The third-order valence-electron chi connectivity index (χ3n) is 4.14. The predicted octanol–water partition coefficient (Wildman–Crippen LogP) is 1.37. The highest BCUT2D eigenvalue weighted by Crippen LogP contribution is 2.24. The fraction of sp³-hybridized carbons (Fsp3) is 0.647. The van der Waals surface area contributed by atoms with E-state index in [4.69, 9.17) is 0 Å². The normalized spacial score (nSPS) is 14.6. The highest BCUT2D eigenvalue weighted by molar-refractivity contribution is 5.24. The van der Waals surface area contributed by atoms with Crippen molar-refractivity contribution in [2.24, 2.45) is 0 Å². The molecule has 0 heterocycles. The molecule has 1 aromatic rings. The average molecular weight is 293 g/mol. The third kappa shape index (κ3) is 5.75. The van der Waals surface area contributed by atoms with Crippen molar-refractivity contribution in [2.45, 2.75) is 18.4 Å². The molecule has 0 amide bonds. The summed E-state index contributed by atoms with van der Waals surface area (Å²) in [5, 5.41) is 13.2. The number of likely N-dealkylation sites (N-methyl/N-ethyl adjacent to an activating group) is 1. The van der Waals surface area contributed by atoms with E-state index in [0.717, 1.165) is 31.6 Å². The van der Waals surface area contributed by atoms with Crippen LogP contribution in [0.25, 0.3) is 0 Å². The van der Waals surface area contributed by atoms with Crippen molar-refractivity contribution >= 4 is 0 Å². The van der Waals surface area contributed by atoms with Gasteiger partial charge in [0.25, 0.3) is 0 Å². The van der Waals surface area contributed by atoms with E-state index < -0.39 is 0 Å². The Balaban J connectivity index is 2.55. The molecule has 120 valence electrons. The summed E-state index contributed by atoms with van der Waals surface area (Å²) in [6.45, 7) is 3.27. The summed E-state index contributed by atoms with van der Waals surface area (Å²) < 4.78 is 0. The van der Waals surface area contributed by atoms with Crippen LogP contribution in [-0.4, -0.2) is 69.3 Å². The summed E-state index contributed by atoms with van der Waals surface area (Å²) in [5.74, 6) is 0. The van der Waals surface area contributed by atoms with Gasteiger partial charge in [0, 0.05) is 6.54 Å². The van der Waals surface area contributed by atoms with Gasteiger partial charge in [-0.1, -0.05) is 30.3 Å². The summed E-state index contributed by atoms with van der Waals surface area (Å²) in [5.41, 5.74) is 0.800. The van der Waals surface area contributed by atoms with E-state index in [0.29, 0.717) is 0 Å². The molecule has 4 heteroatoms. The Hall–Kier alpha value is -0.940. The van der Waals surface area contributed by atoms with E-state index in [2.05, 4.69) is 48.4 Å². The monoisotopic (exact) mass is 293 g/mol. The molecule has 0 fully saturated rings. The minimum atomic E-state index is -0.350. The molecule has 0 aliphatic carbocycles. The number of aliphatic hydroxyl groups excluding tert-OH is 1. The Morgan fingerprint density at radius 2 is 1.71 bits per heavy atom. The third-order valence-corrected chi connectivity index (χ3v) is 4.14. The van der Waals surface area contributed by atoms with Crippen molar-refractivity contribution in [2.75, 3.05) is 54.4 Å². The fourth-order valence-corrected chi connectivity index (χ4v) is 2.57. The van der Waals surface area contributed by atoms with Crippen molar-refractivity contribution < 1.29 is 5.11 Å². The molecular formula is C17H31N3O. The van der Waals surface area contributed by atoms with E-state index in [-0.39, 0.29) is 12.1 Å². The van der Waals surface area contributed by atoms with Crippen molar-refractivity contribution in [3.05, 3.63) is 35.9 Å². The van der Waals surface area contributed by atoms with Crippen LogP contribution in [0.4, 0.5) is 0 Å². The molecule has 0 saturated carbocycles. The Kier molecular flexibility index (Phi) is 7.89. The zero-order valence-corrected chi connectivity index (χ0v) is 14.0. The first-order chi connectivity index (χ1) is 10.0. The summed E-state index contributed by atoms with van der Waals surface area (Å²) in [6.07, 6.45) is 2.06. The zero-order valence-electron chi connectivity index (χ0n) is 14.0. The summed E-state index contributed by atoms with van der Waals surface area (Å²) in [7, 11) is 8.29. The maximum absolute atomic E-state index is 9.90. The van der Waals surface area contributed by atoms with Gasteiger partial charge in [-0.05, 0) is 59.7 Å². The molecule has 0 bridgehead atoms. The lowest BCUT2D eigenvalue weighted by atomic mass is 9.87. The van der Waals surface area contributed by atoms with Crippen molar-refractivity contribution in [1.29, 1.82) is 0 Å². The summed E-state index contributed by atoms with van der Waals surface area (Å²) in [4.78, 5) is 4.55. The van der Waals surface area contributed by atoms with Crippen molar-refractivity contribution in [3.63, 3.8) is 0 Å². The van der Waals surface area contributed by atoms with Gasteiger partial charge in [-0.2, -0.15) is 0 Å². The summed E-state index contributed by atoms with van der Waals surface area (Å²) in [6, 6.07) is 10.2. The maximum atomic E-state index is 9.90. The molecule has 1 rings (SSSR count). The first-order valence-corrected chi connectivity index (χ1v) is 7.72. The standard InChI is InChI=1S/C17H31N3O/c1-18-17(15-21,16-9-6-5-7-10-16)11-14-20(4)13-8-12-19(2)3/h5-7,9-10,18,21H,8,11-15H2,1-4H3. The quantitative estimate of drug-likeness (QED) is 0.683. The molecule has 2 N–H and O–H groups in total. The molecule has 1 atom stereocenters. The Bertz CT molecular complexity index is 377. The lowest BCUT2D eigenvalue weighted by molar-refractivity contribution is 0.143. The Morgan fingerprint density at radius 3 is 2.24 bits per heavy atom. The molecule has 0 radical (unpaired) electrons. The van der Waals surface area contributed by atoms with E-state index in [1.165, 1.54) is 6.42 Å². The van der Waals surface area contributed by atoms with Gasteiger partial charge in [-0.25, -0.2) is 0 Å². The van der Waals surface area contributed by atoms with Crippen LogP contribution in [0.3, 0.4) is 0 Å². The molecule has 4 nitrogen and oxygen atoms in total. The number of nitrogens with zero attached hydrogens (tertiary/aromatic N) is 2. The maximum Gasteiger partial charge on any atom is 0.0678 e. The molecular weight excluding hydrogens is 262 g/mol. The van der Waals surface area contributed by atoms with E-state index >= 15 is 0 Å². The number of hydrogen-bond acceptors (Lipinski definition) is 4. The van der Waals surface area contributed by atoms with Crippen LogP contribution in [0.5, 0.6) is 0 Å². The Labute approximate surface area is 129 Å². The number of benzene rings is 1. The lowest BCUT2D eigenvalue weighted by Gasteiger charge is -2.34. The van der Waals surface area contributed by atoms with Gasteiger partial charge in [0.15, 0.2) is 0 Å². The average Bonchev–Trinajstić information content (AvgIpc) is 2.49. The van der Waals surface area contributed by atoms with Gasteiger partial charge in [0.2, 0.25) is 0 Å². The number of hydrogen-bond donors (Lipinski definition) is 2. The minimum absolute atomic E-state index is 0.110. The molecule has 0 aromatic heterocycles. The summed E-state index contributed by atoms with van der Waals surface area (Å²) >= 11 is 0. The Morgan fingerprint density at radius 1 is 1.05 bits per heavy atom. The second-order valence-electron chi connectivity index (χ2n) is 6.07. The van der Waals surface area contributed by atoms with Crippen LogP contribution in [0.1, 0.15) is 18.4 Å². The van der Waals surface area contributed by atoms with Gasteiger partial charge in [-0.15, -0.1) is 0 Å². The van der Waals surface area contributed by atoms with Gasteiger partial charge < -0.3 is 20.2 Å². The van der Waals surface area contributed by atoms with Gasteiger partial charge in [0.1, 0.15) is 0 Å².